The molecule has 0 saturated carbocycles. The summed E-state index contributed by atoms with van der Waals surface area (Å²) in [5, 5.41) is 3.07. The summed E-state index contributed by atoms with van der Waals surface area (Å²) in [6, 6.07) is 12.4. The Morgan fingerprint density at radius 2 is 1.48 bits per heavy atom. The molecule has 8 nitrogen and oxygen atoms in total. The third kappa shape index (κ3) is 4.60. The molecular formula is C21H20N2O6. The largest absolute Gasteiger partial charge is 0.444 e. The molecule has 2 aromatic carbocycles. The van der Waals surface area contributed by atoms with Crippen LogP contribution in [0.4, 0.5) is 4.79 Å². The number of rotatable bonds is 4. The van der Waals surface area contributed by atoms with Crippen LogP contribution in [0, 0.1) is 0 Å². The lowest BCUT2D eigenvalue weighted by Gasteiger charge is -2.19. The molecule has 150 valence electrons. The fraction of sp³-hybridized carbons (Fsp3) is 0.238. The van der Waals surface area contributed by atoms with Crippen molar-refractivity contribution in [1.29, 1.82) is 0 Å². The number of alkyl carbamates (subject to hydrolysis) is 1. The lowest BCUT2D eigenvalue weighted by Crippen LogP contribution is -2.32. The van der Waals surface area contributed by atoms with Crippen LogP contribution in [0.25, 0.3) is 0 Å². The first-order chi connectivity index (χ1) is 13.7. The van der Waals surface area contributed by atoms with E-state index in [4.69, 9.17) is 9.57 Å². The molecule has 8 heteroatoms. The third-order valence-electron chi connectivity index (χ3n) is 3.96. The number of amides is 3. The number of fused-ring (bicyclic) bond motifs is 1. The van der Waals surface area contributed by atoms with Gasteiger partial charge in [0.05, 0.1) is 16.7 Å². The molecule has 2 aromatic rings. The van der Waals surface area contributed by atoms with Crippen molar-refractivity contribution in [3.63, 3.8) is 0 Å². The van der Waals surface area contributed by atoms with Crippen LogP contribution in [-0.2, 0) is 16.1 Å². The Balaban J connectivity index is 1.59. The van der Waals surface area contributed by atoms with Gasteiger partial charge in [0.2, 0.25) is 0 Å². The lowest BCUT2D eigenvalue weighted by molar-refractivity contribution is -0.0584. The minimum Gasteiger partial charge on any atom is -0.444 e. The second kappa shape index (κ2) is 7.75. The predicted molar refractivity (Wildman–Crippen MR) is 102 cm³/mol. The number of nitrogens with one attached hydrogen (secondary N) is 1. The second-order valence-electron chi connectivity index (χ2n) is 7.38. The van der Waals surface area contributed by atoms with Gasteiger partial charge >= 0.3 is 12.1 Å². The SMILES string of the molecule is CC(C)(C)OC(=O)NCc1ccc(C(=O)ON2C(=O)c3ccccc3C2=O)cc1. The molecule has 0 fully saturated rings. The summed E-state index contributed by atoms with van der Waals surface area (Å²) in [6.45, 7) is 5.51. The van der Waals surface area contributed by atoms with Gasteiger partial charge in [0, 0.05) is 6.54 Å². The molecule has 1 aliphatic rings. The highest BCUT2D eigenvalue weighted by molar-refractivity contribution is 6.21. The smallest absolute Gasteiger partial charge is 0.407 e. The zero-order valence-electron chi connectivity index (χ0n) is 16.2. The van der Waals surface area contributed by atoms with E-state index in [2.05, 4.69) is 5.32 Å². The van der Waals surface area contributed by atoms with Crippen LogP contribution in [0.3, 0.4) is 0 Å². The zero-order valence-corrected chi connectivity index (χ0v) is 16.2. The molecule has 0 saturated heterocycles. The fourth-order valence-corrected chi connectivity index (χ4v) is 2.63. The average Bonchev–Trinajstić information content (AvgIpc) is 2.91. The first-order valence-corrected chi connectivity index (χ1v) is 8.91. The van der Waals surface area contributed by atoms with Crippen molar-refractivity contribution in [3.8, 4) is 0 Å². The maximum Gasteiger partial charge on any atom is 0.407 e. The molecule has 3 rings (SSSR count). The van der Waals surface area contributed by atoms with E-state index in [1.165, 1.54) is 24.3 Å². The number of benzene rings is 2. The van der Waals surface area contributed by atoms with Crippen molar-refractivity contribution < 1.29 is 28.8 Å². The molecule has 0 aromatic heterocycles. The summed E-state index contributed by atoms with van der Waals surface area (Å²) in [4.78, 5) is 53.5. The third-order valence-corrected chi connectivity index (χ3v) is 3.96. The van der Waals surface area contributed by atoms with Crippen molar-refractivity contribution in [2.24, 2.45) is 0 Å². The van der Waals surface area contributed by atoms with Crippen LogP contribution in [0.1, 0.15) is 57.4 Å². The Kier molecular flexibility index (Phi) is 5.36. The molecule has 1 aliphatic heterocycles. The molecule has 1 heterocycles. The van der Waals surface area contributed by atoms with Gasteiger partial charge in [0.15, 0.2) is 0 Å². The normalized spacial score (nSPS) is 13.1. The number of hydroxylamine groups is 2. The van der Waals surface area contributed by atoms with Crippen molar-refractivity contribution in [3.05, 3.63) is 70.8 Å². The van der Waals surface area contributed by atoms with E-state index in [-0.39, 0.29) is 23.2 Å². The van der Waals surface area contributed by atoms with E-state index in [0.29, 0.717) is 5.06 Å². The first kappa shape index (κ1) is 20.1. The Morgan fingerprint density at radius 3 is 2.00 bits per heavy atom. The molecule has 0 unspecified atom stereocenters. The minimum atomic E-state index is -0.842. The monoisotopic (exact) mass is 396 g/mol. The number of hydrogen-bond acceptors (Lipinski definition) is 6. The van der Waals surface area contributed by atoms with E-state index in [9.17, 15) is 19.2 Å². The number of hydrogen-bond donors (Lipinski definition) is 1. The number of nitrogens with zero attached hydrogens (tertiary/aromatic N) is 1. The summed E-state index contributed by atoms with van der Waals surface area (Å²) in [5.41, 5.74) is 0.667. The van der Waals surface area contributed by atoms with E-state index in [0.717, 1.165) is 5.56 Å². The van der Waals surface area contributed by atoms with Gasteiger partial charge in [-0.15, -0.1) is 0 Å². The molecule has 0 aliphatic carbocycles. The number of imide groups is 1. The van der Waals surface area contributed by atoms with Gasteiger partial charge in [-0.3, -0.25) is 9.59 Å². The molecule has 0 radical (unpaired) electrons. The number of carbonyl (C=O) groups is 4. The Hall–Kier alpha value is -3.68. The van der Waals surface area contributed by atoms with Crippen molar-refractivity contribution >= 4 is 23.9 Å². The molecule has 29 heavy (non-hydrogen) atoms. The topological polar surface area (TPSA) is 102 Å². The maximum atomic E-state index is 12.3. The molecular weight excluding hydrogens is 376 g/mol. The van der Waals surface area contributed by atoms with Gasteiger partial charge in [-0.1, -0.05) is 29.3 Å². The average molecular weight is 396 g/mol. The van der Waals surface area contributed by atoms with Gasteiger partial charge in [-0.2, -0.15) is 0 Å². The second-order valence-corrected chi connectivity index (χ2v) is 7.38. The molecule has 1 N–H and O–H groups in total. The van der Waals surface area contributed by atoms with Crippen LogP contribution in [0.5, 0.6) is 0 Å². The minimum absolute atomic E-state index is 0.155. The van der Waals surface area contributed by atoms with Crippen molar-refractivity contribution in [1.82, 2.24) is 10.4 Å². The maximum absolute atomic E-state index is 12.3. The van der Waals surface area contributed by atoms with E-state index in [1.807, 2.05) is 0 Å². The summed E-state index contributed by atoms with van der Waals surface area (Å²) < 4.78 is 5.15. The molecule has 0 bridgehead atoms. The quantitative estimate of drug-likeness (QED) is 0.797. The standard InChI is InChI=1S/C21H20N2O6/c1-21(2,3)28-20(27)22-12-13-8-10-14(11-9-13)19(26)29-23-17(24)15-6-4-5-7-16(15)18(23)25/h4-11H,12H2,1-3H3,(H,22,27). The number of ether oxygens (including phenoxy) is 1. The van der Waals surface area contributed by atoms with Gasteiger partial charge in [-0.25, -0.2) is 9.59 Å². The highest BCUT2D eigenvalue weighted by Gasteiger charge is 2.38. The van der Waals surface area contributed by atoms with Crippen LogP contribution >= 0.6 is 0 Å². The molecule has 0 spiro atoms. The van der Waals surface area contributed by atoms with Crippen molar-refractivity contribution in [2.75, 3.05) is 0 Å². The summed E-state index contributed by atoms with van der Waals surface area (Å²) in [7, 11) is 0. The zero-order chi connectivity index (χ0) is 21.2. The van der Waals surface area contributed by atoms with Gasteiger partial charge in [-0.05, 0) is 50.6 Å². The van der Waals surface area contributed by atoms with Crippen LogP contribution < -0.4 is 5.32 Å². The Labute approximate surface area is 167 Å². The summed E-state index contributed by atoms with van der Waals surface area (Å²) >= 11 is 0. The lowest BCUT2D eigenvalue weighted by atomic mass is 10.1. The van der Waals surface area contributed by atoms with Crippen LogP contribution in [0.15, 0.2) is 48.5 Å². The van der Waals surface area contributed by atoms with Crippen molar-refractivity contribution in [2.45, 2.75) is 32.9 Å². The highest BCUT2D eigenvalue weighted by atomic mass is 16.7. The van der Waals surface area contributed by atoms with Gasteiger partial charge in [0.25, 0.3) is 11.8 Å². The van der Waals surface area contributed by atoms with Crippen LogP contribution in [-0.4, -0.2) is 34.5 Å². The molecule has 3 amide bonds. The predicted octanol–water partition coefficient (Wildman–Crippen LogP) is 3.08. The summed E-state index contributed by atoms with van der Waals surface area (Å²) in [5.74, 6) is -2.21. The fourth-order valence-electron chi connectivity index (χ4n) is 2.63. The number of carbonyl (C=O) groups excluding carboxylic acids is 4. The Morgan fingerprint density at radius 1 is 0.931 bits per heavy atom. The van der Waals surface area contributed by atoms with E-state index in [1.54, 1.807) is 45.0 Å². The Bertz CT molecular complexity index is 940. The summed E-state index contributed by atoms with van der Waals surface area (Å²) in [6.07, 6.45) is -0.549. The van der Waals surface area contributed by atoms with Gasteiger partial charge in [0.1, 0.15) is 5.60 Å². The van der Waals surface area contributed by atoms with E-state index >= 15 is 0 Å². The van der Waals surface area contributed by atoms with Crippen LogP contribution in [0.2, 0.25) is 0 Å². The first-order valence-electron chi connectivity index (χ1n) is 8.91. The van der Waals surface area contributed by atoms with E-state index < -0.39 is 29.5 Å². The molecule has 0 atom stereocenters. The van der Waals surface area contributed by atoms with Gasteiger partial charge < -0.3 is 14.9 Å². The highest BCUT2D eigenvalue weighted by Crippen LogP contribution is 2.23.